The molecule has 0 radical (unpaired) electrons. The number of rotatable bonds is 6. The van der Waals surface area contributed by atoms with E-state index in [9.17, 15) is 0 Å². The van der Waals surface area contributed by atoms with Gasteiger partial charge in [-0.05, 0) is 49.3 Å². The molecule has 0 bridgehead atoms. The van der Waals surface area contributed by atoms with Gasteiger partial charge >= 0.3 is 0 Å². The van der Waals surface area contributed by atoms with Crippen LogP contribution in [0.5, 0.6) is 5.75 Å². The molecule has 1 unspecified atom stereocenters. The van der Waals surface area contributed by atoms with Gasteiger partial charge in [-0.15, -0.1) is 0 Å². The van der Waals surface area contributed by atoms with Crippen molar-refractivity contribution in [1.82, 2.24) is 5.32 Å². The fourth-order valence-electron chi connectivity index (χ4n) is 2.64. The third-order valence-electron chi connectivity index (χ3n) is 3.46. The first-order valence-corrected chi connectivity index (χ1v) is 8.23. The molecule has 1 aliphatic rings. The highest BCUT2D eigenvalue weighted by molar-refractivity contribution is 7.98. The topological polar surface area (TPSA) is 21.3 Å². The molecule has 2 nitrogen and oxygen atoms in total. The van der Waals surface area contributed by atoms with Crippen LogP contribution in [0.4, 0.5) is 0 Å². The van der Waals surface area contributed by atoms with Crippen LogP contribution in [0.3, 0.4) is 0 Å². The molecule has 0 heterocycles. The lowest BCUT2D eigenvalue weighted by Gasteiger charge is -2.27. The molecule has 1 aromatic rings. The first kappa shape index (κ1) is 13.8. The molecule has 1 aromatic carbocycles. The summed E-state index contributed by atoms with van der Waals surface area (Å²) in [6.07, 6.45) is 5.78. The van der Waals surface area contributed by atoms with Crippen molar-refractivity contribution in [2.75, 3.05) is 25.2 Å². The molecule has 0 aromatic heterocycles. The highest BCUT2D eigenvalue weighted by Crippen LogP contribution is 2.35. The van der Waals surface area contributed by atoms with Crippen molar-refractivity contribution in [3.8, 4) is 5.75 Å². The largest absolute Gasteiger partial charge is 0.492 e. The molecule has 0 saturated carbocycles. The van der Waals surface area contributed by atoms with Crippen LogP contribution < -0.4 is 10.1 Å². The highest BCUT2D eigenvalue weighted by Gasteiger charge is 2.21. The maximum atomic E-state index is 5.92. The van der Waals surface area contributed by atoms with Gasteiger partial charge in [-0.25, -0.2) is 0 Å². The zero-order chi connectivity index (χ0) is 12.8. The Morgan fingerprint density at radius 1 is 1.44 bits per heavy atom. The Labute approximate surface area is 114 Å². The highest BCUT2D eigenvalue weighted by atomic mass is 32.2. The summed E-state index contributed by atoms with van der Waals surface area (Å²) in [5, 5.41) is 3.58. The number of fused-ring (bicyclic) bond motifs is 1. The van der Waals surface area contributed by atoms with Crippen LogP contribution in [-0.4, -0.2) is 25.2 Å². The Morgan fingerprint density at radius 3 is 3.11 bits per heavy atom. The third kappa shape index (κ3) is 3.21. The number of nitrogens with one attached hydrogen (secondary N) is 1. The van der Waals surface area contributed by atoms with Gasteiger partial charge < -0.3 is 10.1 Å². The van der Waals surface area contributed by atoms with E-state index in [1.807, 2.05) is 11.8 Å². The number of benzene rings is 1. The maximum Gasteiger partial charge on any atom is 0.122 e. The van der Waals surface area contributed by atoms with Crippen LogP contribution in [0.2, 0.25) is 0 Å². The summed E-state index contributed by atoms with van der Waals surface area (Å²) in [5.74, 6) is 2.16. The van der Waals surface area contributed by atoms with Gasteiger partial charge in [-0.2, -0.15) is 11.8 Å². The van der Waals surface area contributed by atoms with E-state index in [-0.39, 0.29) is 0 Å². The van der Waals surface area contributed by atoms with E-state index in [2.05, 4.69) is 36.7 Å². The first-order chi connectivity index (χ1) is 8.86. The van der Waals surface area contributed by atoms with Crippen molar-refractivity contribution >= 4 is 11.8 Å². The molecular formula is C15H23NOS. The predicted molar refractivity (Wildman–Crippen MR) is 79.7 cm³/mol. The Hall–Kier alpha value is -0.670. The molecule has 1 aliphatic carbocycles. The van der Waals surface area contributed by atoms with E-state index >= 15 is 0 Å². The fraction of sp³-hybridized carbons (Fsp3) is 0.600. The van der Waals surface area contributed by atoms with E-state index in [1.165, 1.54) is 24.0 Å². The Kier molecular flexibility index (Phi) is 5.39. The fourth-order valence-corrected chi connectivity index (χ4v) is 2.89. The minimum atomic E-state index is 0.517. The lowest BCUT2D eigenvalue weighted by molar-refractivity contribution is 0.335. The second-order valence-electron chi connectivity index (χ2n) is 4.67. The normalized spacial score (nSPS) is 18.4. The molecule has 18 heavy (non-hydrogen) atoms. The van der Waals surface area contributed by atoms with Crippen molar-refractivity contribution in [1.29, 1.82) is 0 Å². The number of hydrogen-bond donors (Lipinski definition) is 1. The summed E-state index contributed by atoms with van der Waals surface area (Å²) in [5.41, 5.74) is 2.88. The summed E-state index contributed by atoms with van der Waals surface area (Å²) >= 11 is 1.83. The van der Waals surface area contributed by atoms with Crippen molar-refractivity contribution in [3.05, 3.63) is 29.3 Å². The molecule has 100 valence electrons. The predicted octanol–water partition coefficient (Wildman–Crippen LogP) is 3.42. The van der Waals surface area contributed by atoms with E-state index in [1.54, 1.807) is 0 Å². The summed E-state index contributed by atoms with van der Waals surface area (Å²) in [4.78, 5) is 0. The van der Waals surface area contributed by atoms with Crippen molar-refractivity contribution in [3.63, 3.8) is 0 Å². The molecule has 2 rings (SSSR count). The molecule has 1 atom stereocenters. The van der Waals surface area contributed by atoms with Gasteiger partial charge in [-0.3, -0.25) is 0 Å². The Balaban J connectivity index is 2.15. The van der Waals surface area contributed by atoms with E-state index < -0.39 is 0 Å². The standard InChI is InChI=1S/C15H23NOS/c1-3-16-14-8-4-7-13-12(14)6-5-9-15(13)17-10-11-18-2/h5-6,9,14,16H,3-4,7-8,10-11H2,1-2H3. The van der Waals surface area contributed by atoms with Gasteiger partial charge in [-0.1, -0.05) is 19.1 Å². The Morgan fingerprint density at radius 2 is 2.33 bits per heavy atom. The number of hydrogen-bond acceptors (Lipinski definition) is 3. The molecule has 0 saturated heterocycles. The zero-order valence-corrected chi connectivity index (χ0v) is 12.2. The lowest BCUT2D eigenvalue weighted by Crippen LogP contribution is -2.25. The quantitative estimate of drug-likeness (QED) is 0.796. The van der Waals surface area contributed by atoms with Gasteiger partial charge in [0.15, 0.2) is 0 Å². The van der Waals surface area contributed by atoms with Gasteiger partial charge in [0.25, 0.3) is 0 Å². The van der Waals surface area contributed by atoms with Gasteiger partial charge in [0.2, 0.25) is 0 Å². The summed E-state index contributed by atoms with van der Waals surface area (Å²) in [6.45, 7) is 4.01. The minimum absolute atomic E-state index is 0.517. The second kappa shape index (κ2) is 7.05. The monoisotopic (exact) mass is 265 g/mol. The van der Waals surface area contributed by atoms with E-state index in [0.717, 1.165) is 31.1 Å². The Bertz CT molecular complexity index is 381. The molecular weight excluding hydrogens is 242 g/mol. The smallest absolute Gasteiger partial charge is 0.122 e. The van der Waals surface area contributed by atoms with Crippen molar-refractivity contribution in [2.45, 2.75) is 32.2 Å². The van der Waals surface area contributed by atoms with Crippen LogP contribution in [0.1, 0.15) is 36.9 Å². The van der Waals surface area contributed by atoms with Crippen LogP contribution in [-0.2, 0) is 6.42 Å². The summed E-state index contributed by atoms with van der Waals surface area (Å²) in [6, 6.07) is 7.02. The van der Waals surface area contributed by atoms with E-state index in [4.69, 9.17) is 4.74 Å². The van der Waals surface area contributed by atoms with Gasteiger partial charge in [0.1, 0.15) is 5.75 Å². The average Bonchev–Trinajstić information content (AvgIpc) is 2.40. The molecule has 1 N–H and O–H groups in total. The number of ether oxygens (including phenoxy) is 1. The third-order valence-corrected chi connectivity index (χ3v) is 4.03. The van der Waals surface area contributed by atoms with Crippen LogP contribution in [0.25, 0.3) is 0 Å². The molecule has 3 heteroatoms. The lowest BCUT2D eigenvalue weighted by atomic mass is 9.87. The SMILES string of the molecule is CCNC1CCCc2c(OCCSC)cccc21. The minimum Gasteiger partial charge on any atom is -0.492 e. The summed E-state index contributed by atoms with van der Waals surface area (Å²) in [7, 11) is 0. The molecule has 0 fully saturated rings. The molecule has 0 spiro atoms. The van der Waals surface area contributed by atoms with Crippen molar-refractivity contribution in [2.24, 2.45) is 0 Å². The summed E-state index contributed by atoms with van der Waals surface area (Å²) < 4.78 is 5.92. The van der Waals surface area contributed by atoms with Gasteiger partial charge in [0.05, 0.1) is 6.61 Å². The average molecular weight is 265 g/mol. The molecule has 0 amide bonds. The second-order valence-corrected chi connectivity index (χ2v) is 5.65. The zero-order valence-electron chi connectivity index (χ0n) is 11.4. The van der Waals surface area contributed by atoms with Crippen LogP contribution >= 0.6 is 11.8 Å². The maximum absolute atomic E-state index is 5.92. The van der Waals surface area contributed by atoms with Crippen molar-refractivity contribution < 1.29 is 4.74 Å². The van der Waals surface area contributed by atoms with Gasteiger partial charge in [0, 0.05) is 11.8 Å². The van der Waals surface area contributed by atoms with E-state index in [0.29, 0.717) is 6.04 Å². The molecule has 0 aliphatic heterocycles. The number of thioether (sulfide) groups is 1. The van der Waals surface area contributed by atoms with Crippen LogP contribution in [0, 0.1) is 0 Å². The van der Waals surface area contributed by atoms with Crippen LogP contribution in [0.15, 0.2) is 18.2 Å². The first-order valence-electron chi connectivity index (χ1n) is 6.83.